The Morgan fingerprint density at radius 3 is 2.56 bits per heavy atom. The van der Waals surface area contributed by atoms with E-state index in [0.717, 1.165) is 55.2 Å². The summed E-state index contributed by atoms with van der Waals surface area (Å²) in [5, 5.41) is 13.5. The molecule has 7 nitrogen and oxygen atoms in total. The Morgan fingerprint density at radius 2 is 1.78 bits per heavy atom. The van der Waals surface area contributed by atoms with Crippen LogP contribution in [0.1, 0.15) is 11.1 Å². The minimum Gasteiger partial charge on any atom is -0.369 e. The molecule has 4 aromatic rings. The number of hydrogen-bond acceptors (Lipinski definition) is 7. The molecule has 4 N–H and O–H groups in total. The van der Waals surface area contributed by atoms with Gasteiger partial charge in [-0.1, -0.05) is 36.2 Å². The van der Waals surface area contributed by atoms with Crippen LogP contribution in [0.5, 0.6) is 0 Å². The van der Waals surface area contributed by atoms with Crippen molar-refractivity contribution in [1.29, 1.82) is 0 Å². The standard InChI is InChI=1S/C24H27N7S/c25-32-17-20-4-2-1-3-19(20)16-31-12-9-18-15-27-24(29-23(18)31)28-21-5-7-22(8-6-21)30-13-10-26-11-14-30/h1-9,12,15,26H,10-11,13-14,16-17,25H2,(H,27,28,29). The van der Waals surface area contributed by atoms with Crippen molar-refractivity contribution in [3.8, 4) is 0 Å². The molecule has 0 aliphatic carbocycles. The fourth-order valence-electron chi connectivity index (χ4n) is 4.09. The van der Waals surface area contributed by atoms with Gasteiger partial charge in [0.1, 0.15) is 5.65 Å². The zero-order valence-corrected chi connectivity index (χ0v) is 18.7. The molecule has 1 aliphatic rings. The molecule has 0 spiro atoms. The van der Waals surface area contributed by atoms with Gasteiger partial charge in [-0.3, -0.25) is 5.14 Å². The number of nitrogens with two attached hydrogens (primary N) is 1. The first-order valence-electron chi connectivity index (χ1n) is 10.8. The summed E-state index contributed by atoms with van der Waals surface area (Å²) in [5.41, 5.74) is 5.64. The van der Waals surface area contributed by atoms with Gasteiger partial charge in [-0.15, -0.1) is 0 Å². The minimum absolute atomic E-state index is 0.596. The van der Waals surface area contributed by atoms with Crippen molar-refractivity contribution in [3.05, 3.63) is 78.1 Å². The van der Waals surface area contributed by atoms with Gasteiger partial charge in [0.25, 0.3) is 0 Å². The second-order valence-electron chi connectivity index (χ2n) is 7.90. The molecule has 5 rings (SSSR count). The summed E-state index contributed by atoms with van der Waals surface area (Å²) < 4.78 is 2.16. The normalized spacial score (nSPS) is 14.1. The Kier molecular flexibility index (Phi) is 6.24. The van der Waals surface area contributed by atoms with Crippen LogP contribution >= 0.6 is 11.9 Å². The maximum atomic E-state index is 5.71. The molecule has 0 saturated carbocycles. The maximum Gasteiger partial charge on any atom is 0.229 e. The second kappa shape index (κ2) is 9.60. The van der Waals surface area contributed by atoms with Gasteiger partial charge in [-0.25, -0.2) is 4.98 Å². The fourth-order valence-corrected chi connectivity index (χ4v) is 4.55. The lowest BCUT2D eigenvalue weighted by Gasteiger charge is -2.29. The van der Waals surface area contributed by atoms with E-state index in [1.165, 1.54) is 28.8 Å². The van der Waals surface area contributed by atoms with Gasteiger partial charge in [-0.2, -0.15) is 4.98 Å². The Bertz CT molecular complexity index is 1180. The maximum absolute atomic E-state index is 5.71. The van der Waals surface area contributed by atoms with Gasteiger partial charge in [0, 0.05) is 67.6 Å². The number of hydrogen-bond donors (Lipinski definition) is 3. The van der Waals surface area contributed by atoms with Gasteiger partial charge >= 0.3 is 0 Å². The van der Waals surface area contributed by atoms with E-state index in [4.69, 9.17) is 10.1 Å². The van der Waals surface area contributed by atoms with Crippen LogP contribution < -0.4 is 20.7 Å². The third-order valence-electron chi connectivity index (χ3n) is 5.81. The zero-order valence-electron chi connectivity index (χ0n) is 17.9. The topological polar surface area (TPSA) is 84.0 Å². The summed E-state index contributed by atoms with van der Waals surface area (Å²) >= 11 is 1.35. The molecule has 8 heteroatoms. The highest BCUT2D eigenvalue weighted by Gasteiger charge is 2.11. The number of fused-ring (bicyclic) bond motifs is 1. The summed E-state index contributed by atoms with van der Waals surface area (Å²) in [4.78, 5) is 11.7. The molecule has 0 bridgehead atoms. The first-order valence-corrected chi connectivity index (χ1v) is 11.9. The quantitative estimate of drug-likeness (QED) is 0.374. The summed E-state index contributed by atoms with van der Waals surface area (Å²) in [6.07, 6.45) is 3.94. The first kappa shape index (κ1) is 20.8. The summed E-state index contributed by atoms with van der Waals surface area (Å²) in [5.74, 6) is 1.39. The fraction of sp³-hybridized carbons (Fsp3) is 0.250. The molecule has 1 saturated heterocycles. The van der Waals surface area contributed by atoms with Crippen molar-refractivity contribution in [2.45, 2.75) is 12.3 Å². The summed E-state index contributed by atoms with van der Waals surface area (Å²) in [6.45, 7) is 4.88. The Balaban J connectivity index is 1.35. The van der Waals surface area contributed by atoms with E-state index >= 15 is 0 Å². The lowest BCUT2D eigenvalue weighted by molar-refractivity contribution is 0.589. The van der Waals surface area contributed by atoms with Crippen molar-refractivity contribution in [2.24, 2.45) is 5.14 Å². The molecule has 1 fully saturated rings. The predicted molar refractivity (Wildman–Crippen MR) is 133 cm³/mol. The molecular weight excluding hydrogens is 418 g/mol. The zero-order chi connectivity index (χ0) is 21.8. The Morgan fingerprint density at radius 1 is 1.00 bits per heavy atom. The summed E-state index contributed by atoms with van der Waals surface area (Å²) in [6, 6.07) is 18.9. The SMILES string of the molecule is NSCc1ccccc1Cn1ccc2cnc(Nc3ccc(N4CCNCC4)cc3)nc21. The third kappa shape index (κ3) is 4.57. The van der Waals surface area contributed by atoms with E-state index in [2.05, 4.69) is 85.9 Å². The van der Waals surface area contributed by atoms with E-state index in [0.29, 0.717) is 5.95 Å². The Hall–Kier alpha value is -3.07. The van der Waals surface area contributed by atoms with Crippen molar-refractivity contribution >= 4 is 40.3 Å². The van der Waals surface area contributed by atoms with Crippen molar-refractivity contribution in [1.82, 2.24) is 19.9 Å². The van der Waals surface area contributed by atoms with E-state index in [-0.39, 0.29) is 0 Å². The van der Waals surface area contributed by atoms with Gasteiger partial charge in [0.2, 0.25) is 5.95 Å². The highest BCUT2D eigenvalue weighted by atomic mass is 32.2. The average molecular weight is 446 g/mol. The van der Waals surface area contributed by atoms with E-state index in [9.17, 15) is 0 Å². The number of aromatic nitrogens is 3. The molecule has 2 aromatic carbocycles. The molecule has 0 atom stereocenters. The van der Waals surface area contributed by atoms with Gasteiger partial charge in [0.05, 0.1) is 0 Å². The van der Waals surface area contributed by atoms with Crippen LogP contribution in [0.25, 0.3) is 11.0 Å². The van der Waals surface area contributed by atoms with Crippen LogP contribution in [0.4, 0.5) is 17.3 Å². The number of nitrogens with zero attached hydrogens (tertiary/aromatic N) is 4. The largest absolute Gasteiger partial charge is 0.369 e. The van der Waals surface area contributed by atoms with Crippen LogP contribution in [0.3, 0.4) is 0 Å². The number of benzene rings is 2. The minimum atomic E-state index is 0.596. The predicted octanol–water partition coefficient (Wildman–Crippen LogP) is 3.74. The van der Waals surface area contributed by atoms with Crippen LogP contribution in [0.15, 0.2) is 67.0 Å². The lowest BCUT2D eigenvalue weighted by Crippen LogP contribution is -2.43. The molecule has 164 valence electrons. The molecule has 3 heterocycles. The molecule has 32 heavy (non-hydrogen) atoms. The number of rotatable bonds is 7. The van der Waals surface area contributed by atoms with Gasteiger partial charge < -0.3 is 20.1 Å². The smallest absolute Gasteiger partial charge is 0.229 e. The van der Waals surface area contributed by atoms with Gasteiger partial charge in [0.15, 0.2) is 0 Å². The average Bonchev–Trinajstić information content (AvgIpc) is 3.23. The molecule has 1 aliphatic heterocycles. The molecular formula is C24H27N7S. The number of nitrogens with one attached hydrogen (secondary N) is 2. The third-order valence-corrected chi connectivity index (χ3v) is 6.28. The molecule has 0 unspecified atom stereocenters. The first-order chi connectivity index (χ1) is 15.8. The summed E-state index contributed by atoms with van der Waals surface area (Å²) in [7, 11) is 0. The highest BCUT2D eigenvalue weighted by Crippen LogP contribution is 2.23. The van der Waals surface area contributed by atoms with E-state index in [1.807, 2.05) is 6.20 Å². The number of anilines is 3. The van der Waals surface area contributed by atoms with Crippen LogP contribution in [0, 0.1) is 0 Å². The van der Waals surface area contributed by atoms with Crippen molar-refractivity contribution in [3.63, 3.8) is 0 Å². The van der Waals surface area contributed by atoms with E-state index < -0.39 is 0 Å². The highest BCUT2D eigenvalue weighted by molar-refractivity contribution is 7.96. The molecule has 0 amide bonds. The van der Waals surface area contributed by atoms with Crippen LogP contribution in [-0.2, 0) is 12.3 Å². The van der Waals surface area contributed by atoms with Crippen LogP contribution in [-0.4, -0.2) is 40.7 Å². The van der Waals surface area contributed by atoms with Crippen LogP contribution in [0.2, 0.25) is 0 Å². The number of piperazine rings is 1. The van der Waals surface area contributed by atoms with Gasteiger partial charge in [-0.05, 0) is 41.5 Å². The molecule has 2 aromatic heterocycles. The Labute approximate surface area is 192 Å². The van der Waals surface area contributed by atoms with Crippen molar-refractivity contribution in [2.75, 3.05) is 36.4 Å². The van der Waals surface area contributed by atoms with Crippen molar-refractivity contribution < 1.29 is 0 Å². The lowest BCUT2D eigenvalue weighted by atomic mass is 10.1. The monoisotopic (exact) mass is 445 g/mol. The second-order valence-corrected chi connectivity index (χ2v) is 8.53. The molecule has 0 radical (unpaired) electrons. The van der Waals surface area contributed by atoms with E-state index in [1.54, 1.807) is 0 Å².